The van der Waals surface area contributed by atoms with Gasteiger partial charge in [0.25, 0.3) is 0 Å². The summed E-state index contributed by atoms with van der Waals surface area (Å²) in [4.78, 5) is 4.23. The fraction of sp³-hybridized carbons (Fsp3) is 0.462. The van der Waals surface area contributed by atoms with Gasteiger partial charge in [0.2, 0.25) is 0 Å². The molecule has 0 saturated heterocycles. The van der Waals surface area contributed by atoms with Crippen LogP contribution in [0.4, 0.5) is 5.69 Å². The molecule has 0 aliphatic rings. The van der Waals surface area contributed by atoms with E-state index in [0.717, 1.165) is 11.4 Å². The Kier molecular flexibility index (Phi) is 4.97. The number of nitrogens with one attached hydrogen (secondary N) is 1. The summed E-state index contributed by atoms with van der Waals surface area (Å²) in [6.45, 7) is 4.41. The maximum absolute atomic E-state index is 5.79. The molecule has 0 aliphatic heterocycles. The van der Waals surface area contributed by atoms with Crippen LogP contribution in [0.2, 0.25) is 0 Å². The Morgan fingerprint density at radius 3 is 2.39 bits per heavy atom. The first-order valence-corrected chi connectivity index (χ1v) is 5.73. The van der Waals surface area contributed by atoms with Gasteiger partial charge in [0.15, 0.2) is 5.96 Å². The van der Waals surface area contributed by atoms with Crippen molar-refractivity contribution in [2.45, 2.75) is 19.4 Å². The molecule has 100 valence electrons. The highest BCUT2D eigenvalue weighted by molar-refractivity contribution is 5.92. The third-order valence-electron chi connectivity index (χ3n) is 2.55. The van der Waals surface area contributed by atoms with Gasteiger partial charge in [-0.05, 0) is 38.1 Å². The highest BCUT2D eigenvalue weighted by Crippen LogP contribution is 2.14. The fourth-order valence-corrected chi connectivity index (χ4v) is 1.20. The molecule has 0 radical (unpaired) electrons. The summed E-state index contributed by atoms with van der Waals surface area (Å²) >= 11 is 0. The molecule has 0 fully saturated rings. The first-order chi connectivity index (χ1) is 8.46. The Balaban J connectivity index is 2.58. The second-order valence-electron chi connectivity index (χ2n) is 4.52. The van der Waals surface area contributed by atoms with Crippen molar-refractivity contribution in [1.82, 2.24) is 0 Å². The van der Waals surface area contributed by atoms with Gasteiger partial charge < -0.3 is 20.5 Å². The minimum Gasteiger partial charge on any atom is -0.497 e. The lowest BCUT2D eigenvalue weighted by Crippen LogP contribution is -2.30. The molecule has 18 heavy (non-hydrogen) atoms. The van der Waals surface area contributed by atoms with Gasteiger partial charge >= 0.3 is 0 Å². The molecule has 0 aliphatic carbocycles. The fourth-order valence-electron chi connectivity index (χ4n) is 1.20. The minimum absolute atomic E-state index is 0.313. The first kappa shape index (κ1) is 14.3. The van der Waals surface area contributed by atoms with E-state index in [2.05, 4.69) is 10.3 Å². The molecule has 3 N–H and O–H groups in total. The van der Waals surface area contributed by atoms with Crippen molar-refractivity contribution in [3.05, 3.63) is 24.3 Å². The van der Waals surface area contributed by atoms with Crippen molar-refractivity contribution in [2.24, 2.45) is 10.7 Å². The van der Waals surface area contributed by atoms with E-state index in [4.69, 9.17) is 15.2 Å². The van der Waals surface area contributed by atoms with Crippen LogP contribution < -0.4 is 15.8 Å². The van der Waals surface area contributed by atoms with Crippen LogP contribution in [0.5, 0.6) is 5.75 Å². The van der Waals surface area contributed by atoms with Gasteiger partial charge in [-0.25, -0.2) is 0 Å². The monoisotopic (exact) mass is 251 g/mol. The summed E-state index contributed by atoms with van der Waals surface area (Å²) in [6, 6.07) is 7.47. The Morgan fingerprint density at radius 2 is 1.89 bits per heavy atom. The number of nitrogens with zero attached hydrogens (tertiary/aromatic N) is 1. The minimum atomic E-state index is -0.313. The van der Waals surface area contributed by atoms with Gasteiger partial charge in [0.05, 0.1) is 19.3 Å². The van der Waals surface area contributed by atoms with Crippen LogP contribution in [-0.4, -0.2) is 32.3 Å². The van der Waals surface area contributed by atoms with E-state index in [9.17, 15) is 0 Å². The molecule has 1 aromatic rings. The number of methoxy groups -OCH3 is 2. The largest absolute Gasteiger partial charge is 0.497 e. The number of anilines is 1. The molecular formula is C13H21N3O2. The van der Waals surface area contributed by atoms with Crippen LogP contribution in [0.1, 0.15) is 13.8 Å². The van der Waals surface area contributed by atoms with Crippen LogP contribution in [0, 0.1) is 0 Å². The number of nitrogens with two attached hydrogens (primary N) is 1. The molecule has 0 saturated carbocycles. The van der Waals surface area contributed by atoms with Crippen LogP contribution in [0.25, 0.3) is 0 Å². The van der Waals surface area contributed by atoms with Gasteiger partial charge in [0.1, 0.15) is 5.75 Å². The molecule has 5 nitrogen and oxygen atoms in total. The average Bonchev–Trinajstić information content (AvgIpc) is 2.37. The summed E-state index contributed by atoms with van der Waals surface area (Å²) in [6.07, 6.45) is 0. The standard InChI is InChI=1S/C13H21N3O2/c1-13(2,18-4)9-15-12(14)16-10-5-7-11(17-3)8-6-10/h5-8H,9H2,1-4H3,(H3,14,15,16). The number of rotatable bonds is 5. The molecule has 0 unspecified atom stereocenters. The predicted molar refractivity (Wildman–Crippen MR) is 74.2 cm³/mol. The van der Waals surface area contributed by atoms with Gasteiger partial charge in [0, 0.05) is 12.8 Å². The highest BCUT2D eigenvalue weighted by Gasteiger charge is 2.15. The zero-order chi connectivity index (χ0) is 13.6. The maximum atomic E-state index is 5.79. The number of ether oxygens (including phenoxy) is 2. The molecule has 1 rings (SSSR count). The summed E-state index contributed by atoms with van der Waals surface area (Å²) in [5, 5.41) is 3.01. The molecule has 0 atom stereocenters. The molecule has 1 aromatic carbocycles. The van der Waals surface area contributed by atoms with E-state index in [0.29, 0.717) is 12.5 Å². The molecule has 0 spiro atoms. The average molecular weight is 251 g/mol. The van der Waals surface area contributed by atoms with E-state index >= 15 is 0 Å². The summed E-state index contributed by atoms with van der Waals surface area (Å²) in [5.74, 6) is 1.17. The van der Waals surface area contributed by atoms with E-state index in [-0.39, 0.29) is 5.60 Å². The Morgan fingerprint density at radius 1 is 1.28 bits per heavy atom. The topological polar surface area (TPSA) is 68.9 Å². The van der Waals surface area contributed by atoms with Crippen molar-refractivity contribution in [2.75, 3.05) is 26.1 Å². The number of guanidine groups is 1. The van der Waals surface area contributed by atoms with Gasteiger partial charge in [-0.3, -0.25) is 4.99 Å². The summed E-state index contributed by atoms with van der Waals surface area (Å²) in [5.41, 5.74) is 6.34. The normalized spacial score (nSPS) is 12.3. The quantitative estimate of drug-likeness (QED) is 0.619. The van der Waals surface area contributed by atoms with Crippen molar-refractivity contribution in [1.29, 1.82) is 0 Å². The van der Waals surface area contributed by atoms with Crippen molar-refractivity contribution >= 4 is 11.6 Å². The smallest absolute Gasteiger partial charge is 0.193 e. The molecular weight excluding hydrogens is 230 g/mol. The van der Waals surface area contributed by atoms with Gasteiger partial charge in [-0.15, -0.1) is 0 Å². The Labute approximate surface area is 108 Å². The molecule has 0 heterocycles. The lowest BCUT2D eigenvalue weighted by molar-refractivity contribution is 0.0312. The van der Waals surface area contributed by atoms with Crippen molar-refractivity contribution in [3.8, 4) is 5.75 Å². The second-order valence-corrected chi connectivity index (χ2v) is 4.52. The number of hydrogen-bond acceptors (Lipinski definition) is 3. The zero-order valence-electron chi connectivity index (χ0n) is 11.4. The van der Waals surface area contributed by atoms with Crippen molar-refractivity contribution in [3.63, 3.8) is 0 Å². The third-order valence-corrected chi connectivity index (χ3v) is 2.55. The first-order valence-electron chi connectivity index (χ1n) is 5.73. The van der Waals surface area contributed by atoms with Crippen molar-refractivity contribution < 1.29 is 9.47 Å². The maximum Gasteiger partial charge on any atom is 0.193 e. The molecule has 0 amide bonds. The lowest BCUT2D eigenvalue weighted by atomic mass is 10.1. The number of hydrogen-bond donors (Lipinski definition) is 2. The molecule has 0 aromatic heterocycles. The van der Waals surface area contributed by atoms with Gasteiger partial charge in [-0.2, -0.15) is 0 Å². The second kappa shape index (κ2) is 6.26. The number of aliphatic imine (C=N–C) groups is 1. The van der Waals surface area contributed by atoms with E-state index < -0.39 is 0 Å². The van der Waals surface area contributed by atoms with Crippen LogP contribution in [0.15, 0.2) is 29.3 Å². The third kappa shape index (κ3) is 4.63. The van der Waals surface area contributed by atoms with Crippen LogP contribution in [-0.2, 0) is 4.74 Å². The van der Waals surface area contributed by atoms with Crippen LogP contribution in [0.3, 0.4) is 0 Å². The SMILES string of the molecule is COc1ccc(NC(N)=NCC(C)(C)OC)cc1. The zero-order valence-corrected chi connectivity index (χ0v) is 11.4. The predicted octanol–water partition coefficient (Wildman–Crippen LogP) is 1.85. The molecule has 0 bridgehead atoms. The lowest BCUT2D eigenvalue weighted by Gasteiger charge is -2.20. The van der Waals surface area contributed by atoms with Gasteiger partial charge in [-0.1, -0.05) is 0 Å². The highest BCUT2D eigenvalue weighted by atomic mass is 16.5. The summed E-state index contributed by atoms with van der Waals surface area (Å²) in [7, 11) is 3.29. The summed E-state index contributed by atoms with van der Waals surface area (Å²) < 4.78 is 10.3. The number of benzene rings is 1. The van der Waals surface area contributed by atoms with Crippen LogP contribution >= 0.6 is 0 Å². The Bertz CT molecular complexity index is 399. The van der Waals surface area contributed by atoms with E-state index in [1.54, 1.807) is 14.2 Å². The van der Waals surface area contributed by atoms with E-state index in [1.165, 1.54) is 0 Å². The van der Waals surface area contributed by atoms with E-state index in [1.807, 2.05) is 38.1 Å². The Hall–Kier alpha value is -1.75. The molecule has 5 heteroatoms.